The van der Waals surface area contributed by atoms with Crippen molar-refractivity contribution in [2.24, 2.45) is 5.73 Å². The molecule has 1 saturated carbocycles. The minimum absolute atomic E-state index is 0.0636. The standard InChI is InChI=1S/C9H16N2O3/c1-6(9(10)14)11(7-2-3-7)5-4-8(12)13/h6-7H,2-5H2,1H3,(H2,10,14)(H,12,13). The van der Waals surface area contributed by atoms with Crippen LogP contribution in [0.3, 0.4) is 0 Å². The Morgan fingerprint density at radius 1 is 1.57 bits per heavy atom. The quantitative estimate of drug-likeness (QED) is 0.622. The zero-order chi connectivity index (χ0) is 10.7. The molecule has 0 aliphatic heterocycles. The molecule has 80 valence electrons. The van der Waals surface area contributed by atoms with Crippen LogP contribution in [0.2, 0.25) is 0 Å². The lowest BCUT2D eigenvalue weighted by molar-refractivity contribution is -0.138. The molecule has 1 aliphatic rings. The molecular weight excluding hydrogens is 184 g/mol. The van der Waals surface area contributed by atoms with Crippen molar-refractivity contribution in [1.29, 1.82) is 0 Å². The van der Waals surface area contributed by atoms with E-state index in [4.69, 9.17) is 10.8 Å². The van der Waals surface area contributed by atoms with Crippen molar-refractivity contribution in [3.63, 3.8) is 0 Å². The number of nitrogens with zero attached hydrogens (tertiary/aromatic N) is 1. The highest BCUT2D eigenvalue weighted by molar-refractivity contribution is 5.79. The Morgan fingerprint density at radius 3 is 2.50 bits per heavy atom. The topological polar surface area (TPSA) is 83.6 Å². The van der Waals surface area contributed by atoms with E-state index >= 15 is 0 Å². The molecule has 5 nitrogen and oxygen atoms in total. The van der Waals surface area contributed by atoms with Gasteiger partial charge in [-0.15, -0.1) is 0 Å². The molecule has 0 bridgehead atoms. The highest BCUT2D eigenvalue weighted by Crippen LogP contribution is 2.28. The fourth-order valence-electron chi connectivity index (χ4n) is 1.49. The van der Waals surface area contributed by atoms with E-state index in [9.17, 15) is 9.59 Å². The van der Waals surface area contributed by atoms with Gasteiger partial charge in [0.05, 0.1) is 12.5 Å². The number of primary amides is 1. The summed E-state index contributed by atoms with van der Waals surface area (Å²) in [4.78, 5) is 23.2. The van der Waals surface area contributed by atoms with Gasteiger partial charge in [-0.1, -0.05) is 0 Å². The molecule has 1 aliphatic carbocycles. The van der Waals surface area contributed by atoms with Crippen molar-refractivity contribution in [2.75, 3.05) is 6.54 Å². The number of carbonyl (C=O) groups excluding carboxylic acids is 1. The number of nitrogens with two attached hydrogens (primary N) is 1. The minimum Gasteiger partial charge on any atom is -0.481 e. The van der Waals surface area contributed by atoms with Crippen molar-refractivity contribution < 1.29 is 14.7 Å². The van der Waals surface area contributed by atoms with Crippen LogP contribution >= 0.6 is 0 Å². The molecule has 0 aromatic carbocycles. The molecule has 1 atom stereocenters. The summed E-state index contributed by atoms with van der Waals surface area (Å²) in [5.41, 5.74) is 5.18. The molecule has 1 unspecified atom stereocenters. The third-order valence-corrected chi connectivity index (χ3v) is 2.51. The zero-order valence-corrected chi connectivity index (χ0v) is 8.27. The number of carboxylic acids is 1. The van der Waals surface area contributed by atoms with E-state index in [2.05, 4.69) is 0 Å². The second-order valence-electron chi connectivity index (χ2n) is 3.69. The number of hydrogen-bond donors (Lipinski definition) is 2. The molecule has 0 heterocycles. The van der Waals surface area contributed by atoms with Crippen LogP contribution in [0.15, 0.2) is 0 Å². The van der Waals surface area contributed by atoms with Crippen molar-refractivity contribution in [3.05, 3.63) is 0 Å². The van der Waals surface area contributed by atoms with Gasteiger partial charge in [-0.3, -0.25) is 14.5 Å². The number of aliphatic carboxylic acids is 1. The number of amides is 1. The van der Waals surface area contributed by atoms with E-state index in [-0.39, 0.29) is 18.4 Å². The van der Waals surface area contributed by atoms with E-state index in [1.165, 1.54) is 0 Å². The van der Waals surface area contributed by atoms with Crippen LogP contribution in [0, 0.1) is 0 Å². The van der Waals surface area contributed by atoms with E-state index in [1.807, 2.05) is 4.90 Å². The van der Waals surface area contributed by atoms with Gasteiger partial charge in [0.2, 0.25) is 5.91 Å². The molecule has 0 spiro atoms. The summed E-state index contributed by atoms with van der Waals surface area (Å²) in [5, 5.41) is 8.54. The first kappa shape index (κ1) is 11.0. The Balaban J connectivity index is 2.46. The summed E-state index contributed by atoms with van der Waals surface area (Å²) >= 11 is 0. The van der Waals surface area contributed by atoms with Gasteiger partial charge in [0.15, 0.2) is 0 Å². The van der Waals surface area contributed by atoms with E-state index < -0.39 is 5.97 Å². The molecule has 1 rings (SSSR count). The molecule has 0 saturated heterocycles. The van der Waals surface area contributed by atoms with Crippen LogP contribution < -0.4 is 5.73 Å². The Bertz CT molecular complexity index is 238. The first-order chi connectivity index (χ1) is 6.52. The van der Waals surface area contributed by atoms with E-state index in [0.29, 0.717) is 12.6 Å². The van der Waals surface area contributed by atoms with Gasteiger partial charge in [-0.05, 0) is 19.8 Å². The molecular formula is C9H16N2O3. The largest absolute Gasteiger partial charge is 0.481 e. The molecule has 3 N–H and O–H groups in total. The number of hydrogen-bond acceptors (Lipinski definition) is 3. The maximum Gasteiger partial charge on any atom is 0.304 e. The lowest BCUT2D eigenvalue weighted by Crippen LogP contribution is -2.44. The van der Waals surface area contributed by atoms with Gasteiger partial charge < -0.3 is 10.8 Å². The van der Waals surface area contributed by atoms with Crippen molar-refractivity contribution >= 4 is 11.9 Å². The van der Waals surface area contributed by atoms with Crippen molar-refractivity contribution in [1.82, 2.24) is 4.90 Å². The van der Waals surface area contributed by atoms with E-state index in [0.717, 1.165) is 12.8 Å². The van der Waals surface area contributed by atoms with Gasteiger partial charge >= 0.3 is 5.97 Å². The van der Waals surface area contributed by atoms with Gasteiger partial charge in [-0.2, -0.15) is 0 Å². The van der Waals surface area contributed by atoms with Gasteiger partial charge in [0.25, 0.3) is 0 Å². The van der Waals surface area contributed by atoms with Crippen molar-refractivity contribution in [2.45, 2.75) is 38.3 Å². The molecule has 1 amide bonds. The first-order valence-electron chi connectivity index (χ1n) is 4.79. The number of rotatable bonds is 6. The number of carbonyl (C=O) groups is 2. The molecule has 1 fully saturated rings. The number of carboxylic acid groups (broad SMARTS) is 1. The fourth-order valence-corrected chi connectivity index (χ4v) is 1.49. The predicted molar refractivity (Wildman–Crippen MR) is 50.6 cm³/mol. The van der Waals surface area contributed by atoms with Crippen LogP contribution in [0.1, 0.15) is 26.2 Å². The Hall–Kier alpha value is -1.10. The molecule has 0 radical (unpaired) electrons. The normalized spacial score (nSPS) is 18.1. The van der Waals surface area contributed by atoms with Gasteiger partial charge in [-0.25, -0.2) is 0 Å². The minimum atomic E-state index is -0.840. The third-order valence-electron chi connectivity index (χ3n) is 2.51. The van der Waals surface area contributed by atoms with Crippen molar-refractivity contribution in [3.8, 4) is 0 Å². The summed E-state index contributed by atoms with van der Waals surface area (Å²) < 4.78 is 0. The average molecular weight is 200 g/mol. The molecule has 0 aromatic heterocycles. The van der Waals surface area contributed by atoms with Crippen LogP contribution in [0.4, 0.5) is 0 Å². The average Bonchev–Trinajstić information content (AvgIpc) is 2.87. The maximum absolute atomic E-state index is 11.0. The molecule has 0 aromatic rings. The Labute approximate surface area is 82.9 Å². The van der Waals surface area contributed by atoms with E-state index in [1.54, 1.807) is 6.92 Å². The second-order valence-corrected chi connectivity index (χ2v) is 3.69. The Morgan fingerprint density at radius 2 is 2.14 bits per heavy atom. The van der Waals surface area contributed by atoms with Gasteiger partial charge in [0.1, 0.15) is 0 Å². The second kappa shape index (κ2) is 4.41. The summed E-state index contributed by atoms with van der Waals surface area (Å²) in [7, 11) is 0. The SMILES string of the molecule is CC(C(N)=O)N(CCC(=O)O)C1CC1. The fraction of sp³-hybridized carbons (Fsp3) is 0.778. The Kier molecular flexibility index (Phi) is 3.46. The lowest BCUT2D eigenvalue weighted by atomic mass is 10.2. The maximum atomic E-state index is 11.0. The zero-order valence-electron chi connectivity index (χ0n) is 8.27. The van der Waals surface area contributed by atoms with Crippen LogP contribution in [0.25, 0.3) is 0 Å². The summed E-state index contributed by atoms with van der Waals surface area (Å²) in [6, 6.07) is -0.00120. The summed E-state index contributed by atoms with van der Waals surface area (Å²) in [6.45, 7) is 2.13. The molecule has 14 heavy (non-hydrogen) atoms. The molecule has 5 heteroatoms. The smallest absolute Gasteiger partial charge is 0.304 e. The monoisotopic (exact) mass is 200 g/mol. The predicted octanol–water partition coefficient (Wildman–Crippen LogP) is -0.201. The first-order valence-corrected chi connectivity index (χ1v) is 4.79. The van der Waals surface area contributed by atoms with Crippen LogP contribution in [-0.4, -0.2) is 40.5 Å². The third kappa shape index (κ3) is 2.99. The van der Waals surface area contributed by atoms with Crippen LogP contribution in [0.5, 0.6) is 0 Å². The lowest BCUT2D eigenvalue weighted by Gasteiger charge is -2.25. The van der Waals surface area contributed by atoms with Gasteiger partial charge in [0, 0.05) is 12.6 Å². The highest BCUT2D eigenvalue weighted by Gasteiger charge is 2.34. The summed E-state index contributed by atoms with van der Waals surface area (Å²) in [6.07, 6.45) is 2.14. The highest BCUT2D eigenvalue weighted by atomic mass is 16.4. The van der Waals surface area contributed by atoms with Crippen LogP contribution in [-0.2, 0) is 9.59 Å². The summed E-state index contributed by atoms with van der Waals surface area (Å²) in [5.74, 6) is -1.23.